The number of hydrogen-bond acceptors (Lipinski definition) is 2. The molecule has 3 N–H and O–H groups in total. The van der Waals surface area contributed by atoms with Gasteiger partial charge in [0.25, 0.3) is 0 Å². The highest BCUT2D eigenvalue weighted by atomic mass is 127. The van der Waals surface area contributed by atoms with Crippen LogP contribution in [0, 0.1) is 5.92 Å². The summed E-state index contributed by atoms with van der Waals surface area (Å²) in [6.07, 6.45) is 2.60. The summed E-state index contributed by atoms with van der Waals surface area (Å²) in [6, 6.07) is 5.37. The number of rotatable bonds is 7. The minimum absolute atomic E-state index is 0. The highest BCUT2D eigenvalue weighted by molar-refractivity contribution is 14.0. The lowest BCUT2D eigenvalue weighted by molar-refractivity contribution is 0.132. The molecule has 1 unspecified atom stereocenters. The second-order valence-electron chi connectivity index (χ2n) is 5.32. The molecule has 1 atom stereocenters. The van der Waals surface area contributed by atoms with Crippen LogP contribution in [-0.2, 0) is 4.74 Å². The molecular weight excluding hydrogens is 436 g/mol. The van der Waals surface area contributed by atoms with Crippen molar-refractivity contribution in [1.82, 2.24) is 5.32 Å². The molecule has 1 aromatic carbocycles. The Hall–Kier alpha value is -0.240. The van der Waals surface area contributed by atoms with E-state index in [-0.39, 0.29) is 30.0 Å². The van der Waals surface area contributed by atoms with E-state index in [0.717, 1.165) is 18.1 Å². The Morgan fingerprint density at radius 3 is 2.82 bits per heavy atom. The summed E-state index contributed by atoms with van der Waals surface area (Å²) >= 11 is 12.0. The number of hydrogen-bond donors (Lipinski definition) is 2. The zero-order valence-electron chi connectivity index (χ0n) is 12.5. The standard InChI is InChI=1S/C15H21Cl2N3O.HI/c1-10(13-5-4-12(16)8-14(13)17)20-15(18)19-6-7-21-9-11-2-3-11;/h4-5,8,10-11H,2-3,6-7,9H2,1H3,(H3,18,19,20);1H. The Labute approximate surface area is 158 Å². The van der Waals surface area contributed by atoms with Crippen LogP contribution in [0.5, 0.6) is 0 Å². The van der Waals surface area contributed by atoms with E-state index < -0.39 is 0 Å². The van der Waals surface area contributed by atoms with Crippen molar-refractivity contribution in [2.45, 2.75) is 25.8 Å². The van der Waals surface area contributed by atoms with E-state index in [1.54, 1.807) is 12.1 Å². The summed E-state index contributed by atoms with van der Waals surface area (Å²) in [5.74, 6) is 1.17. The second kappa shape index (κ2) is 9.80. The van der Waals surface area contributed by atoms with Crippen molar-refractivity contribution >= 4 is 53.1 Å². The molecule has 22 heavy (non-hydrogen) atoms. The number of benzene rings is 1. The van der Waals surface area contributed by atoms with Crippen LogP contribution >= 0.6 is 47.2 Å². The zero-order chi connectivity index (χ0) is 15.2. The van der Waals surface area contributed by atoms with Crippen molar-refractivity contribution in [3.05, 3.63) is 33.8 Å². The van der Waals surface area contributed by atoms with E-state index >= 15 is 0 Å². The molecule has 0 spiro atoms. The van der Waals surface area contributed by atoms with Crippen LogP contribution < -0.4 is 11.1 Å². The van der Waals surface area contributed by atoms with Gasteiger partial charge in [0.05, 0.1) is 19.2 Å². The number of nitrogens with one attached hydrogen (secondary N) is 1. The highest BCUT2D eigenvalue weighted by Crippen LogP contribution is 2.28. The Morgan fingerprint density at radius 1 is 1.45 bits per heavy atom. The van der Waals surface area contributed by atoms with Gasteiger partial charge in [-0.2, -0.15) is 0 Å². The topological polar surface area (TPSA) is 59.6 Å². The van der Waals surface area contributed by atoms with Gasteiger partial charge in [-0.3, -0.25) is 4.99 Å². The van der Waals surface area contributed by atoms with Crippen LogP contribution in [0.25, 0.3) is 0 Å². The summed E-state index contributed by atoms with van der Waals surface area (Å²) < 4.78 is 5.50. The molecule has 7 heteroatoms. The van der Waals surface area contributed by atoms with Crippen LogP contribution in [0.3, 0.4) is 0 Å². The SMILES string of the molecule is CC(NC(N)=NCCOCC1CC1)c1ccc(Cl)cc1Cl.I. The first-order valence-corrected chi connectivity index (χ1v) is 7.91. The molecule has 124 valence electrons. The van der Waals surface area contributed by atoms with Gasteiger partial charge in [-0.15, -0.1) is 24.0 Å². The summed E-state index contributed by atoms with van der Waals surface area (Å²) in [7, 11) is 0. The third-order valence-electron chi connectivity index (χ3n) is 3.36. The molecule has 2 rings (SSSR count). The van der Waals surface area contributed by atoms with Gasteiger partial charge in [-0.25, -0.2) is 0 Å². The molecule has 0 bridgehead atoms. The first-order valence-electron chi connectivity index (χ1n) is 7.15. The molecule has 0 heterocycles. The Bertz CT molecular complexity index is 510. The lowest BCUT2D eigenvalue weighted by Crippen LogP contribution is -2.34. The quantitative estimate of drug-likeness (QED) is 0.281. The fourth-order valence-electron chi connectivity index (χ4n) is 1.96. The predicted molar refractivity (Wildman–Crippen MR) is 103 cm³/mol. The lowest BCUT2D eigenvalue weighted by atomic mass is 10.1. The van der Waals surface area contributed by atoms with Crippen molar-refractivity contribution in [2.24, 2.45) is 16.6 Å². The molecule has 0 aliphatic heterocycles. The number of aliphatic imine (C=N–C) groups is 1. The van der Waals surface area contributed by atoms with Crippen LogP contribution in [-0.4, -0.2) is 25.7 Å². The fourth-order valence-corrected chi connectivity index (χ4v) is 2.54. The number of nitrogens with zero attached hydrogens (tertiary/aromatic N) is 1. The molecule has 0 radical (unpaired) electrons. The van der Waals surface area contributed by atoms with Gasteiger partial charge in [0.1, 0.15) is 0 Å². The van der Waals surface area contributed by atoms with Crippen LogP contribution in [0.2, 0.25) is 10.0 Å². The van der Waals surface area contributed by atoms with Crippen LogP contribution in [0.4, 0.5) is 0 Å². The average Bonchev–Trinajstić information content (AvgIpc) is 3.22. The van der Waals surface area contributed by atoms with Gasteiger partial charge < -0.3 is 15.8 Å². The lowest BCUT2D eigenvalue weighted by Gasteiger charge is -2.16. The maximum atomic E-state index is 6.16. The zero-order valence-corrected chi connectivity index (χ0v) is 16.4. The van der Waals surface area contributed by atoms with Gasteiger partial charge >= 0.3 is 0 Å². The van der Waals surface area contributed by atoms with E-state index in [1.807, 2.05) is 13.0 Å². The van der Waals surface area contributed by atoms with Gasteiger partial charge in [-0.1, -0.05) is 29.3 Å². The van der Waals surface area contributed by atoms with E-state index in [1.165, 1.54) is 12.8 Å². The van der Waals surface area contributed by atoms with Crippen molar-refractivity contribution in [3.8, 4) is 0 Å². The van der Waals surface area contributed by atoms with E-state index in [4.69, 9.17) is 33.7 Å². The third kappa shape index (κ3) is 6.89. The molecule has 1 fully saturated rings. The second-order valence-corrected chi connectivity index (χ2v) is 6.16. The molecule has 1 aromatic rings. The van der Waals surface area contributed by atoms with Gasteiger partial charge in [0.2, 0.25) is 0 Å². The fraction of sp³-hybridized carbons (Fsp3) is 0.533. The smallest absolute Gasteiger partial charge is 0.189 e. The maximum absolute atomic E-state index is 6.16. The van der Waals surface area contributed by atoms with E-state index in [9.17, 15) is 0 Å². The first kappa shape index (κ1) is 19.8. The summed E-state index contributed by atoms with van der Waals surface area (Å²) in [6.45, 7) is 3.99. The Balaban J connectivity index is 0.00000242. The summed E-state index contributed by atoms with van der Waals surface area (Å²) in [5, 5.41) is 4.34. The molecule has 1 aliphatic rings. The molecule has 0 saturated heterocycles. The summed E-state index contributed by atoms with van der Waals surface area (Å²) in [5.41, 5.74) is 6.79. The monoisotopic (exact) mass is 457 g/mol. The molecule has 4 nitrogen and oxygen atoms in total. The molecule has 0 amide bonds. The predicted octanol–water partition coefficient (Wildman–Crippen LogP) is 4.00. The molecular formula is C15H22Cl2IN3O. The number of guanidine groups is 1. The number of ether oxygens (including phenoxy) is 1. The number of halogens is 3. The van der Waals surface area contributed by atoms with Crippen molar-refractivity contribution in [3.63, 3.8) is 0 Å². The maximum Gasteiger partial charge on any atom is 0.189 e. The van der Waals surface area contributed by atoms with Crippen LogP contribution in [0.15, 0.2) is 23.2 Å². The largest absolute Gasteiger partial charge is 0.379 e. The molecule has 1 saturated carbocycles. The van der Waals surface area contributed by atoms with Crippen molar-refractivity contribution in [1.29, 1.82) is 0 Å². The highest BCUT2D eigenvalue weighted by Gasteiger charge is 2.20. The summed E-state index contributed by atoms with van der Waals surface area (Å²) in [4.78, 5) is 4.24. The minimum Gasteiger partial charge on any atom is -0.379 e. The molecule has 0 aromatic heterocycles. The molecule has 1 aliphatic carbocycles. The Morgan fingerprint density at radius 2 is 2.18 bits per heavy atom. The van der Waals surface area contributed by atoms with Gasteiger partial charge in [0.15, 0.2) is 5.96 Å². The van der Waals surface area contributed by atoms with Crippen molar-refractivity contribution in [2.75, 3.05) is 19.8 Å². The normalized spacial score (nSPS) is 16.0. The minimum atomic E-state index is -0.0362. The van der Waals surface area contributed by atoms with E-state index in [0.29, 0.717) is 29.2 Å². The van der Waals surface area contributed by atoms with Crippen LogP contribution in [0.1, 0.15) is 31.4 Å². The Kier molecular flexibility index (Phi) is 8.82. The number of nitrogens with two attached hydrogens (primary N) is 1. The van der Waals surface area contributed by atoms with Gasteiger partial charge in [-0.05, 0) is 43.4 Å². The third-order valence-corrected chi connectivity index (χ3v) is 3.92. The van der Waals surface area contributed by atoms with Crippen molar-refractivity contribution < 1.29 is 4.74 Å². The van der Waals surface area contributed by atoms with Gasteiger partial charge in [0, 0.05) is 16.7 Å². The first-order chi connectivity index (χ1) is 10.1. The van der Waals surface area contributed by atoms with E-state index in [2.05, 4.69) is 10.3 Å². The average molecular weight is 458 g/mol.